The van der Waals surface area contributed by atoms with E-state index in [2.05, 4.69) is 10.4 Å². The fourth-order valence-corrected chi connectivity index (χ4v) is 2.82. The number of amides is 1. The molecule has 0 aliphatic carbocycles. The van der Waals surface area contributed by atoms with Crippen molar-refractivity contribution in [3.05, 3.63) is 41.7 Å². The summed E-state index contributed by atoms with van der Waals surface area (Å²) in [6, 6.07) is 9.63. The highest BCUT2D eigenvalue weighted by molar-refractivity contribution is 5.98. The topological polar surface area (TPSA) is 82.2 Å². The van der Waals surface area contributed by atoms with Gasteiger partial charge in [0.15, 0.2) is 0 Å². The van der Waals surface area contributed by atoms with Crippen LogP contribution in [0.3, 0.4) is 0 Å². The Labute approximate surface area is 135 Å². The lowest BCUT2D eigenvalue weighted by Gasteiger charge is -2.31. The second-order valence-electron chi connectivity index (χ2n) is 6.11. The molecule has 0 atom stereocenters. The molecule has 1 aromatic heterocycles. The van der Waals surface area contributed by atoms with E-state index >= 15 is 0 Å². The van der Waals surface area contributed by atoms with Crippen molar-refractivity contribution in [3.8, 4) is 5.69 Å². The van der Waals surface area contributed by atoms with Crippen LogP contribution in [-0.2, 0) is 9.53 Å². The first-order chi connectivity index (χ1) is 11.0. The average Bonchev–Trinajstić information content (AvgIpc) is 2.87. The molecule has 3 N–H and O–H groups in total. The van der Waals surface area contributed by atoms with Crippen molar-refractivity contribution in [1.29, 1.82) is 0 Å². The standard InChI is InChI=1S/C17H22N4O2/c1-12-10-13(2)21(20-12)15-5-3-4-14(11-15)19-16(22)17(18)6-8-23-9-7-17/h3-5,10-11H,6-9,18H2,1-2H3,(H,19,22). The number of nitrogens with two attached hydrogens (primary N) is 1. The van der Waals surface area contributed by atoms with Crippen LogP contribution in [0, 0.1) is 13.8 Å². The van der Waals surface area contributed by atoms with Gasteiger partial charge < -0.3 is 15.8 Å². The van der Waals surface area contributed by atoms with Gasteiger partial charge in [-0.05, 0) is 51.0 Å². The van der Waals surface area contributed by atoms with Crippen molar-refractivity contribution in [2.75, 3.05) is 18.5 Å². The van der Waals surface area contributed by atoms with Gasteiger partial charge in [-0.15, -0.1) is 0 Å². The minimum Gasteiger partial charge on any atom is -0.381 e. The van der Waals surface area contributed by atoms with Crippen molar-refractivity contribution in [3.63, 3.8) is 0 Å². The van der Waals surface area contributed by atoms with Gasteiger partial charge >= 0.3 is 0 Å². The lowest BCUT2D eigenvalue weighted by Crippen LogP contribution is -2.54. The van der Waals surface area contributed by atoms with Gasteiger partial charge in [-0.2, -0.15) is 5.10 Å². The van der Waals surface area contributed by atoms with Crippen LogP contribution in [0.15, 0.2) is 30.3 Å². The molecule has 0 radical (unpaired) electrons. The maximum atomic E-state index is 12.5. The molecule has 2 aromatic rings. The lowest BCUT2D eigenvalue weighted by atomic mass is 9.90. The zero-order valence-corrected chi connectivity index (χ0v) is 13.5. The van der Waals surface area contributed by atoms with Crippen LogP contribution < -0.4 is 11.1 Å². The molecule has 23 heavy (non-hydrogen) atoms. The number of hydrogen-bond acceptors (Lipinski definition) is 4. The van der Waals surface area contributed by atoms with Gasteiger partial charge in [0.05, 0.1) is 11.4 Å². The Morgan fingerprint density at radius 3 is 2.70 bits per heavy atom. The van der Waals surface area contributed by atoms with E-state index < -0.39 is 5.54 Å². The monoisotopic (exact) mass is 314 g/mol. The summed E-state index contributed by atoms with van der Waals surface area (Å²) >= 11 is 0. The van der Waals surface area contributed by atoms with Gasteiger partial charge in [-0.25, -0.2) is 4.68 Å². The molecule has 0 spiro atoms. The van der Waals surface area contributed by atoms with Crippen molar-refractivity contribution in [2.45, 2.75) is 32.2 Å². The molecular weight excluding hydrogens is 292 g/mol. The van der Waals surface area contributed by atoms with Crippen molar-refractivity contribution in [1.82, 2.24) is 9.78 Å². The third-order valence-electron chi connectivity index (χ3n) is 4.20. The van der Waals surface area contributed by atoms with Crippen LogP contribution >= 0.6 is 0 Å². The zero-order valence-electron chi connectivity index (χ0n) is 13.5. The number of carbonyl (C=O) groups is 1. The Bertz CT molecular complexity index is 717. The summed E-state index contributed by atoms with van der Waals surface area (Å²) in [5.74, 6) is -0.161. The molecule has 0 saturated carbocycles. The number of carbonyl (C=O) groups excluding carboxylic acids is 1. The summed E-state index contributed by atoms with van der Waals surface area (Å²) < 4.78 is 7.14. The number of nitrogens with one attached hydrogen (secondary N) is 1. The summed E-state index contributed by atoms with van der Waals surface area (Å²) in [7, 11) is 0. The number of aryl methyl sites for hydroxylation is 2. The molecule has 1 amide bonds. The SMILES string of the molecule is Cc1cc(C)n(-c2cccc(NC(=O)C3(N)CCOCC3)c2)n1. The van der Waals surface area contributed by atoms with E-state index in [1.54, 1.807) is 0 Å². The summed E-state index contributed by atoms with van der Waals surface area (Å²) in [5, 5.41) is 7.39. The highest BCUT2D eigenvalue weighted by Crippen LogP contribution is 2.22. The van der Waals surface area contributed by atoms with Crippen molar-refractivity contribution < 1.29 is 9.53 Å². The third-order valence-corrected chi connectivity index (χ3v) is 4.20. The van der Waals surface area contributed by atoms with E-state index in [0.29, 0.717) is 26.1 Å². The van der Waals surface area contributed by atoms with E-state index in [1.807, 2.05) is 48.9 Å². The number of rotatable bonds is 3. The third kappa shape index (κ3) is 3.28. The Kier molecular flexibility index (Phi) is 4.19. The molecule has 1 aromatic carbocycles. The minimum absolute atomic E-state index is 0.161. The number of anilines is 1. The van der Waals surface area contributed by atoms with Crippen molar-refractivity contribution >= 4 is 11.6 Å². The molecule has 6 heteroatoms. The molecular formula is C17H22N4O2. The van der Waals surface area contributed by atoms with E-state index in [4.69, 9.17) is 10.5 Å². The molecule has 0 unspecified atom stereocenters. The first kappa shape index (κ1) is 15.7. The minimum atomic E-state index is -0.855. The number of aromatic nitrogens is 2. The fourth-order valence-electron chi connectivity index (χ4n) is 2.82. The van der Waals surface area contributed by atoms with Crippen molar-refractivity contribution in [2.24, 2.45) is 5.73 Å². The quantitative estimate of drug-likeness (QED) is 0.907. The predicted molar refractivity (Wildman–Crippen MR) is 88.6 cm³/mol. The van der Waals surface area contributed by atoms with Gasteiger partial charge in [-0.1, -0.05) is 6.07 Å². The number of hydrogen-bond donors (Lipinski definition) is 2. The predicted octanol–water partition coefficient (Wildman–Crippen LogP) is 1.94. The summed E-state index contributed by atoms with van der Waals surface area (Å²) in [6.07, 6.45) is 1.08. The Morgan fingerprint density at radius 2 is 2.04 bits per heavy atom. The maximum absolute atomic E-state index is 12.5. The van der Waals surface area contributed by atoms with Gasteiger partial charge in [-0.3, -0.25) is 4.79 Å². The normalized spacial score (nSPS) is 17.0. The van der Waals surface area contributed by atoms with Crippen LogP contribution in [0.2, 0.25) is 0 Å². The van der Waals surface area contributed by atoms with Gasteiger partial charge in [0.25, 0.3) is 0 Å². The Hall–Kier alpha value is -2.18. The Balaban J connectivity index is 1.80. The van der Waals surface area contributed by atoms with Gasteiger partial charge in [0, 0.05) is 24.6 Å². The summed E-state index contributed by atoms with van der Waals surface area (Å²) in [4.78, 5) is 12.5. The van der Waals surface area contributed by atoms with Gasteiger partial charge in [0.2, 0.25) is 5.91 Å². The first-order valence-electron chi connectivity index (χ1n) is 7.80. The molecule has 0 bridgehead atoms. The largest absolute Gasteiger partial charge is 0.381 e. The Morgan fingerprint density at radius 1 is 1.30 bits per heavy atom. The molecule has 2 heterocycles. The molecule has 1 saturated heterocycles. The van der Waals surface area contributed by atoms with Crippen LogP contribution in [0.1, 0.15) is 24.2 Å². The second-order valence-corrected chi connectivity index (χ2v) is 6.11. The number of ether oxygens (including phenoxy) is 1. The highest BCUT2D eigenvalue weighted by Gasteiger charge is 2.35. The van der Waals surface area contributed by atoms with Crippen LogP contribution in [0.4, 0.5) is 5.69 Å². The van der Waals surface area contributed by atoms with Crippen LogP contribution in [-0.4, -0.2) is 34.4 Å². The highest BCUT2D eigenvalue weighted by atomic mass is 16.5. The molecule has 122 valence electrons. The average molecular weight is 314 g/mol. The van der Waals surface area contributed by atoms with Crippen LogP contribution in [0.25, 0.3) is 5.69 Å². The molecule has 1 aliphatic heterocycles. The maximum Gasteiger partial charge on any atom is 0.244 e. The van der Waals surface area contributed by atoms with E-state index in [1.165, 1.54) is 0 Å². The summed E-state index contributed by atoms with van der Waals surface area (Å²) in [6.45, 7) is 5.01. The van der Waals surface area contributed by atoms with E-state index in [9.17, 15) is 4.79 Å². The smallest absolute Gasteiger partial charge is 0.244 e. The lowest BCUT2D eigenvalue weighted by molar-refractivity contribution is -0.124. The molecule has 3 rings (SSSR count). The first-order valence-corrected chi connectivity index (χ1v) is 7.80. The second kappa shape index (κ2) is 6.14. The molecule has 1 fully saturated rings. The van der Waals surface area contributed by atoms with Gasteiger partial charge in [0.1, 0.15) is 5.54 Å². The van der Waals surface area contributed by atoms with Crippen LogP contribution in [0.5, 0.6) is 0 Å². The zero-order chi connectivity index (χ0) is 16.4. The number of nitrogens with zero attached hydrogens (tertiary/aromatic N) is 2. The molecule has 1 aliphatic rings. The van der Waals surface area contributed by atoms with E-state index in [0.717, 1.165) is 22.8 Å². The molecule has 6 nitrogen and oxygen atoms in total. The number of benzene rings is 1. The fraction of sp³-hybridized carbons (Fsp3) is 0.412. The van der Waals surface area contributed by atoms with E-state index in [-0.39, 0.29) is 5.91 Å². The summed E-state index contributed by atoms with van der Waals surface area (Å²) in [5.41, 5.74) is 9.00.